The summed E-state index contributed by atoms with van der Waals surface area (Å²) in [5, 5.41) is 0. The van der Waals surface area contributed by atoms with Crippen molar-refractivity contribution >= 4 is 19.5 Å². The fourth-order valence-corrected chi connectivity index (χ4v) is 1.77. The third-order valence-corrected chi connectivity index (χ3v) is 3.82. The Kier molecular flexibility index (Phi) is 7.03. The van der Waals surface area contributed by atoms with E-state index in [2.05, 4.69) is 9.47 Å². The molecule has 0 aromatic carbocycles. The second-order valence-electron chi connectivity index (χ2n) is 3.40. The SMILES string of the molecule is CC(=O)OCOP(=O)(OCOC(C)=O)C(C)C. The van der Waals surface area contributed by atoms with E-state index >= 15 is 0 Å². The van der Waals surface area contributed by atoms with Crippen LogP contribution in [-0.4, -0.2) is 31.2 Å². The molecule has 0 aliphatic heterocycles. The largest absolute Gasteiger partial charge is 0.438 e. The van der Waals surface area contributed by atoms with Gasteiger partial charge in [0.05, 0.1) is 5.66 Å². The molecule has 0 saturated carbocycles. The first-order valence-electron chi connectivity index (χ1n) is 4.93. The van der Waals surface area contributed by atoms with Crippen molar-refractivity contribution in [1.29, 1.82) is 0 Å². The van der Waals surface area contributed by atoms with Gasteiger partial charge >= 0.3 is 19.5 Å². The standard InChI is InChI=1S/C9H17O7P/c1-7(2)17(12,15-5-13-8(3)10)16-6-14-9(4)11/h7H,5-6H2,1-4H3. The molecule has 0 aromatic heterocycles. The van der Waals surface area contributed by atoms with E-state index in [1.54, 1.807) is 13.8 Å². The molecule has 100 valence electrons. The summed E-state index contributed by atoms with van der Waals surface area (Å²) in [7, 11) is -3.46. The molecule has 0 aliphatic rings. The number of rotatable bonds is 7. The van der Waals surface area contributed by atoms with Crippen LogP contribution in [0.15, 0.2) is 0 Å². The second kappa shape index (κ2) is 7.42. The first-order chi connectivity index (χ1) is 7.78. The zero-order chi connectivity index (χ0) is 13.5. The zero-order valence-electron chi connectivity index (χ0n) is 10.3. The van der Waals surface area contributed by atoms with Crippen LogP contribution in [0.25, 0.3) is 0 Å². The quantitative estimate of drug-likeness (QED) is 0.394. The molecule has 0 amide bonds. The highest BCUT2D eigenvalue weighted by molar-refractivity contribution is 7.54. The maximum atomic E-state index is 12.0. The molecule has 0 N–H and O–H groups in total. The van der Waals surface area contributed by atoms with Crippen LogP contribution < -0.4 is 0 Å². The lowest BCUT2D eigenvalue weighted by molar-refractivity contribution is -0.149. The average molecular weight is 268 g/mol. The summed E-state index contributed by atoms with van der Waals surface area (Å²) < 4.78 is 30.8. The lowest BCUT2D eigenvalue weighted by Crippen LogP contribution is -2.12. The van der Waals surface area contributed by atoms with E-state index in [1.165, 1.54) is 13.8 Å². The Morgan fingerprint density at radius 2 is 1.35 bits per heavy atom. The normalized spacial score (nSPS) is 11.4. The van der Waals surface area contributed by atoms with Gasteiger partial charge in [0, 0.05) is 13.8 Å². The highest BCUT2D eigenvalue weighted by Gasteiger charge is 2.30. The van der Waals surface area contributed by atoms with E-state index in [-0.39, 0.29) is 0 Å². The van der Waals surface area contributed by atoms with Gasteiger partial charge in [0.1, 0.15) is 0 Å². The number of hydrogen-bond acceptors (Lipinski definition) is 7. The molecular formula is C9H17O7P. The maximum absolute atomic E-state index is 12.0. The summed E-state index contributed by atoms with van der Waals surface area (Å²) in [6.45, 7) is 4.69. The van der Waals surface area contributed by atoms with Gasteiger partial charge in [-0.15, -0.1) is 0 Å². The summed E-state index contributed by atoms with van der Waals surface area (Å²) in [6, 6.07) is 0. The molecule has 0 fully saturated rings. The summed E-state index contributed by atoms with van der Waals surface area (Å²) >= 11 is 0. The first-order valence-corrected chi connectivity index (χ1v) is 6.54. The van der Waals surface area contributed by atoms with E-state index in [0.29, 0.717) is 0 Å². The molecule has 17 heavy (non-hydrogen) atoms. The molecule has 0 unspecified atom stereocenters. The maximum Gasteiger partial charge on any atom is 0.338 e. The average Bonchev–Trinajstić information content (AvgIpc) is 2.16. The van der Waals surface area contributed by atoms with Crippen molar-refractivity contribution in [1.82, 2.24) is 0 Å². The van der Waals surface area contributed by atoms with Crippen molar-refractivity contribution < 1.29 is 32.7 Å². The van der Waals surface area contributed by atoms with Gasteiger partial charge in [-0.25, -0.2) is 0 Å². The van der Waals surface area contributed by atoms with Crippen molar-refractivity contribution in [2.45, 2.75) is 33.4 Å². The number of carbonyl (C=O) groups excluding carboxylic acids is 2. The Bertz CT molecular complexity index is 288. The number of esters is 2. The molecule has 0 heterocycles. The van der Waals surface area contributed by atoms with E-state index in [0.717, 1.165) is 0 Å². The molecule has 0 atom stereocenters. The predicted molar refractivity (Wildman–Crippen MR) is 58.2 cm³/mol. The monoisotopic (exact) mass is 268 g/mol. The van der Waals surface area contributed by atoms with Gasteiger partial charge in [-0.3, -0.25) is 23.2 Å². The summed E-state index contributed by atoms with van der Waals surface area (Å²) in [5.41, 5.74) is -0.450. The lowest BCUT2D eigenvalue weighted by atomic mass is 10.6. The number of hydrogen-bond donors (Lipinski definition) is 0. The highest BCUT2D eigenvalue weighted by Crippen LogP contribution is 2.52. The second-order valence-corrected chi connectivity index (χ2v) is 6.03. The van der Waals surface area contributed by atoms with Crippen molar-refractivity contribution in [2.75, 3.05) is 13.6 Å². The molecule has 0 radical (unpaired) electrons. The van der Waals surface area contributed by atoms with E-state index < -0.39 is 38.8 Å². The van der Waals surface area contributed by atoms with Crippen molar-refractivity contribution in [3.63, 3.8) is 0 Å². The Morgan fingerprint density at radius 3 is 1.59 bits per heavy atom. The van der Waals surface area contributed by atoms with Crippen LogP contribution in [0.1, 0.15) is 27.7 Å². The van der Waals surface area contributed by atoms with Crippen LogP contribution in [0.3, 0.4) is 0 Å². The summed E-state index contributed by atoms with van der Waals surface area (Å²) in [4.78, 5) is 21.0. The van der Waals surface area contributed by atoms with Gasteiger partial charge in [0.2, 0.25) is 13.6 Å². The van der Waals surface area contributed by atoms with Gasteiger partial charge in [-0.2, -0.15) is 0 Å². The molecule has 7 nitrogen and oxygen atoms in total. The summed E-state index contributed by atoms with van der Waals surface area (Å²) in [5.74, 6) is -1.11. The third kappa shape index (κ3) is 7.10. The van der Waals surface area contributed by atoms with Crippen molar-refractivity contribution in [2.24, 2.45) is 0 Å². The smallest absolute Gasteiger partial charge is 0.338 e. The molecule has 0 spiro atoms. The minimum atomic E-state index is -3.46. The molecular weight excluding hydrogens is 251 g/mol. The molecule has 0 aliphatic carbocycles. The third-order valence-electron chi connectivity index (χ3n) is 1.62. The van der Waals surface area contributed by atoms with Gasteiger partial charge < -0.3 is 9.47 Å². The summed E-state index contributed by atoms with van der Waals surface area (Å²) in [6.07, 6.45) is 0. The minimum Gasteiger partial charge on any atom is -0.438 e. The minimum absolute atomic E-state index is 0.450. The lowest BCUT2D eigenvalue weighted by Gasteiger charge is -2.20. The van der Waals surface area contributed by atoms with Gasteiger partial charge in [-0.1, -0.05) is 13.8 Å². The van der Waals surface area contributed by atoms with E-state index in [4.69, 9.17) is 9.05 Å². The molecule has 0 saturated heterocycles. The van der Waals surface area contributed by atoms with Gasteiger partial charge in [0.25, 0.3) is 0 Å². The Hall–Kier alpha value is -0.910. The Balaban J connectivity index is 4.21. The molecule has 8 heteroatoms. The first kappa shape index (κ1) is 16.1. The fraction of sp³-hybridized carbons (Fsp3) is 0.778. The molecule has 0 bridgehead atoms. The van der Waals surface area contributed by atoms with Crippen LogP contribution in [0, 0.1) is 0 Å². The predicted octanol–water partition coefficient (Wildman–Crippen LogP) is 1.66. The van der Waals surface area contributed by atoms with Gasteiger partial charge in [-0.05, 0) is 0 Å². The molecule has 0 rings (SSSR count). The van der Waals surface area contributed by atoms with Crippen LogP contribution >= 0.6 is 7.60 Å². The zero-order valence-corrected chi connectivity index (χ0v) is 11.2. The number of carbonyl (C=O) groups is 2. The van der Waals surface area contributed by atoms with Crippen LogP contribution in [0.4, 0.5) is 0 Å². The van der Waals surface area contributed by atoms with Crippen LogP contribution in [-0.2, 0) is 32.7 Å². The van der Waals surface area contributed by atoms with Crippen molar-refractivity contribution in [3.8, 4) is 0 Å². The van der Waals surface area contributed by atoms with Crippen LogP contribution in [0.5, 0.6) is 0 Å². The highest BCUT2D eigenvalue weighted by atomic mass is 31.2. The Morgan fingerprint density at radius 1 is 1.00 bits per heavy atom. The fourth-order valence-electron chi connectivity index (χ4n) is 0.701. The molecule has 0 aromatic rings. The van der Waals surface area contributed by atoms with Crippen molar-refractivity contribution in [3.05, 3.63) is 0 Å². The Labute approximate surface area is 99.9 Å². The van der Waals surface area contributed by atoms with Crippen LogP contribution in [0.2, 0.25) is 0 Å². The number of ether oxygens (including phenoxy) is 2. The topological polar surface area (TPSA) is 88.1 Å². The van der Waals surface area contributed by atoms with E-state index in [1.807, 2.05) is 0 Å². The van der Waals surface area contributed by atoms with Gasteiger partial charge in [0.15, 0.2) is 0 Å². The van der Waals surface area contributed by atoms with E-state index in [9.17, 15) is 14.2 Å².